The summed E-state index contributed by atoms with van der Waals surface area (Å²) in [5.41, 5.74) is 1.19. The molecule has 0 atom stereocenters. The highest BCUT2D eigenvalue weighted by Crippen LogP contribution is 2.17. The number of hydrogen-bond acceptors (Lipinski definition) is 4. The Labute approximate surface area is 125 Å². The van der Waals surface area contributed by atoms with Gasteiger partial charge in [-0.1, -0.05) is 72.0 Å². The highest BCUT2D eigenvalue weighted by Gasteiger charge is 2.09. The molecule has 0 unspecified atom stereocenters. The van der Waals surface area contributed by atoms with Crippen LogP contribution < -0.4 is 10.3 Å². The number of nitrogens with zero attached hydrogens (tertiary/aromatic N) is 2. The summed E-state index contributed by atoms with van der Waals surface area (Å²) in [6.45, 7) is 0.294. The topological polar surface area (TPSA) is 52.0 Å². The molecule has 21 heavy (non-hydrogen) atoms. The van der Waals surface area contributed by atoms with Crippen LogP contribution in [0.25, 0.3) is 10.6 Å². The van der Waals surface area contributed by atoms with Gasteiger partial charge in [0.05, 0.1) is 6.54 Å². The Morgan fingerprint density at radius 3 is 2.19 bits per heavy atom. The quantitative estimate of drug-likeness (QED) is 0.697. The summed E-state index contributed by atoms with van der Waals surface area (Å²) < 4.78 is 0.732. The van der Waals surface area contributed by atoms with Gasteiger partial charge in [-0.25, -0.2) is 4.68 Å². The van der Waals surface area contributed by atoms with E-state index in [0.717, 1.165) is 22.5 Å². The molecule has 5 heteroatoms. The zero-order valence-corrected chi connectivity index (χ0v) is 11.9. The molecular weight excluding hydrogens is 284 g/mol. The van der Waals surface area contributed by atoms with Gasteiger partial charge in [-0.15, -0.1) is 0 Å². The molecule has 0 radical (unpaired) electrons. The molecule has 0 N–H and O–H groups in total. The van der Waals surface area contributed by atoms with Gasteiger partial charge in [0.2, 0.25) is 0 Å². The molecule has 0 saturated heterocycles. The van der Waals surface area contributed by atoms with E-state index in [1.165, 1.54) is 4.68 Å². The van der Waals surface area contributed by atoms with Crippen LogP contribution >= 0.6 is 11.3 Å². The van der Waals surface area contributed by atoms with Crippen molar-refractivity contribution >= 4 is 11.3 Å². The van der Waals surface area contributed by atoms with E-state index in [4.69, 9.17) is 0 Å². The largest absolute Gasteiger partial charge is 0.325 e. The van der Waals surface area contributed by atoms with Crippen LogP contribution in [0.3, 0.4) is 0 Å². The van der Waals surface area contributed by atoms with Gasteiger partial charge < -0.3 is 0 Å². The fourth-order valence-corrected chi connectivity index (χ4v) is 2.73. The van der Waals surface area contributed by atoms with E-state index in [0.29, 0.717) is 11.6 Å². The molecule has 0 fully saturated rings. The predicted octanol–water partition coefficient (Wildman–Crippen LogP) is 2.38. The molecule has 0 amide bonds. The second-order valence-electron chi connectivity index (χ2n) is 4.51. The summed E-state index contributed by atoms with van der Waals surface area (Å²) in [4.78, 5) is 23.8. The first kappa shape index (κ1) is 13.5. The van der Waals surface area contributed by atoms with Crippen LogP contribution in [-0.2, 0) is 6.54 Å². The van der Waals surface area contributed by atoms with E-state index in [1.807, 2.05) is 60.7 Å². The Bertz CT molecular complexity index is 855. The summed E-state index contributed by atoms with van der Waals surface area (Å²) in [6.07, 6.45) is 0. The lowest BCUT2D eigenvalue weighted by Crippen LogP contribution is -2.34. The maximum Gasteiger partial charge on any atom is 0.325 e. The van der Waals surface area contributed by atoms with Crippen molar-refractivity contribution in [2.45, 2.75) is 6.54 Å². The fourth-order valence-electron chi connectivity index (χ4n) is 1.97. The third kappa shape index (κ3) is 2.98. The standard InChI is InChI=1S/C16H12N2O2S/c19-15-16(20)21-14(13-9-5-2-6-10-13)17-18(15)11-12-7-3-1-4-8-12/h1-10H,11H2. The van der Waals surface area contributed by atoms with E-state index in [9.17, 15) is 9.59 Å². The number of hydrogen-bond donors (Lipinski definition) is 0. The van der Waals surface area contributed by atoms with Crippen LogP contribution in [0.4, 0.5) is 0 Å². The van der Waals surface area contributed by atoms with Crippen LogP contribution in [0.5, 0.6) is 0 Å². The Morgan fingerprint density at radius 1 is 0.905 bits per heavy atom. The van der Waals surface area contributed by atoms with Crippen LogP contribution in [0.15, 0.2) is 70.3 Å². The maximum atomic E-state index is 12.0. The van der Waals surface area contributed by atoms with Crippen molar-refractivity contribution in [1.82, 2.24) is 9.78 Å². The second kappa shape index (κ2) is 5.85. The van der Waals surface area contributed by atoms with E-state index in [1.54, 1.807) is 0 Å². The van der Waals surface area contributed by atoms with E-state index < -0.39 is 10.3 Å². The van der Waals surface area contributed by atoms with Gasteiger partial charge in [-0.2, -0.15) is 5.10 Å². The van der Waals surface area contributed by atoms with Gasteiger partial charge >= 0.3 is 10.3 Å². The Hall–Kier alpha value is -2.53. The molecular formula is C16H12N2O2S. The minimum atomic E-state index is -0.580. The van der Waals surface area contributed by atoms with Crippen molar-refractivity contribution in [3.8, 4) is 10.6 Å². The molecule has 3 aromatic rings. The van der Waals surface area contributed by atoms with Gasteiger partial charge in [0.25, 0.3) is 0 Å². The minimum absolute atomic E-state index is 0.294. The predicted molar refractivity (Wildman–Crippen MR) is 83.6 cm³/mol. The van der Waals surface area contributed by atoms with Gasteiger partial charge in [-0.05, 0) is 5.56 Å². The van der Waals surface area contributed by atoms with Crippen molar-refractivity contribution in [3.63, 3.8) is 0 Å². The van der Waals surface area contributed by atoms with Crippen LogP contribution in [-0.4, -0.2) is 9.78 Å². The highest BCUT2D eigenvalue weighted by atomic mass is 32.1. The average molecular weight is 296 g/mol. The molecule has 0 aliphatic heterocycles. The lowest BCUT2D eigenvalue weighted by atomic mass is 10.2. The number of rotatable bonds is 3. The van der Waals surface area contributed by atoms with Crippen molar-refractivity contribution < 1.29 is 0 Å². The summed E-state index contributed by atoms with van der Waals surface area (Å²) >= 11 is 0.882. The summed E-state index contributed by atoms with van der Waals surface area (Å²) in [6, 6.07) is 18.9. The lowest BCUT2D eigenvalue weighted by molar-refractivity contribution is 0.646. The van der Waals surface area contributed by atoms with E-state index in [-0.39, 0.29) is 0 Å². The molecule has 2 aromatic carbocycles. The normalized spacial score (nSPS) is 10.5. The molecule has 0 aliphatic carbocycles. The highest BCUT2D eigenvalue weighted by molar-refractivity contribution is 7.12. The SMILES string of the molecule is O=c1sc(-c2ccccc2)nn(Cc2ccccc2)c1=O. The first-order valence-corrected chi connectivity index (χ1v) is 7.27. The smallest absolute Gasteiger partial charge is 0.271 e. The fraction of sp³-hybridized carbons (Fsp3) is 0.0625. The Kier molecular flexibility index (Phi) is 3.75. The maximum absolute atomic E-state index is 12.0. The molecule has 3 rings (SSSR count). The molecule has 0 aliphatic rings. The molecule has 1 heterocycles. The Balaban J connectivity index is 2.07. The van der Waals surface area contributed by atoms with Crippen molar-refractivity contribution in [2.75, 3.05) is 0 Å². The van der Waals surface area contributed by atoms with Crippen LogP contribution in [0.2, 0.25) is 0 Å². The third-order valence-corrected chi connectivity index (χ3v) is 3.88. The van der Waals surface area contributed by atoms with E-state index in [2.05, 4.69) is 5.10 Å². The molecule has 0 bridgehead atoms. The van der Waals surface area contributed by atoms with Gasteiger partial charge in [0, 0.05) is 5.56 Å². The number of aromatic nitrogens is 2. The molecule has 0 spiro atoms. The van der Waals surface area contributed by atoms with Gasteiger partial charge in [-0.3, -0.25) is 9.59 Å². The van der Waals surface area contributed by atoms with Crippen LogP contribution in [0, 0.1) is 0 Å². The van der Waals surface area contributed by atoms with Crippen molar-refractivity contribution in [3.05, 3.63) is 86.1 Å². The second-order valence-corrected chi connectivity index (χ2v) is 5.47. The van der Waals surface area contributed by atoms with Crippen LogP contribution in [0.1, 0.15) is 5.56 Å². The zero-order chi connectivity index (χ0) is 14.7. The molecule has 1 aromatic heterocycles. The first-order valence-electron chi connectivity index (χ1n) is 6.45. The monoisotopic (exact) mass is 296 g/mol. The molecule has 0 saturated carbocycles. The third-order valence-electron chi connectivity index (χ3n) is 3.01. The number of benzene rings is 2. The average Bonchev–Trinajstić information content (AvgIpc) is 2.53. The minimum Gasteiger partial charge on any atom is -0.271 e. The lowest BCUT2D eigenvalue weighted by Gasteiger charge is -2.06. The van der Waals surface area contributed by atoms with Gasteiger partial charge in [0.15, 0.2) is 0 Å². The van der Waals surface area contributed by atoms with Crippen molar-refractivity contribution in [2.24, 2.45) is 0 Å². The van der Waals surface area contributed by atoms with Gasteiger partial charge in [0.1, 0.15) is 5.01 Å². The van der Waals surface area contributed by atoms with Crippen molar-refractivity contribution in [1.29, 1.82) is 0 Å². The summed E-state index contributed by atoms with van der Waals surface area (Å²) in [5.74, 6) is 0. The molecule has 104 valence electrons. The summed E-state index contributed by atoms with van der Waals surface area (Å²) in [7, 11) is 0. The first-order chi connectivity index (χ1) is 10.2. The Morgan fingerprint density at radius 2 is 1.52 bits per heavy atom. The summed E-state index contributed by atoms with van der Waals surface area (Å²) in [5, 5.41) is 4.87. The zero-order valence-electron chi connectivity index (χ0n) is 11.1. The molecule has 4 nitrogen and oxygen atoms in total. The van der Waals surface area contributed by atoms with E-state index >= 15 is 0 Å².